The Morgan fingerprint density at radius 2 is 1.79 bits per heavy atom. The number of rotatable bonds is 3. The fourth-order valence-corrected chi connectivity index (χ4v) is 3.11. The predicted octanol–water partition coefficient (Wildman–Crippen LogP) is 2.84. The first-order valence-corrected chi connectivity index (χ1v) is 7.45. The highest BCUT2D eigenvalue weighted by Gasteiger charge is 2.15. The summed E-state index contributed by atoms with van der Waals surface area (Å²) in [7, 11) is -3.36. The van der Waals surface area contributed by atoms with Crippen LogP contribution in [0.2, 0.25) is 0 Å². The summed E-state index contributed by atoms with van der Waals surface area (Å²) in [6, 6.07) is 15.4. The summed E-state index contributed by atoms with van der Waals surface area (Å²) >= 11 is 0. The van der Waals surface area contributed by atoms with Crippen molar-refractivity contribution >= 4 is 9.84 Å². The molecule has 0 saturated carbocycles. The minimum atomic E-state index is -3.36. The van der Waals surface area contributed by atoms with E-state index in [1.807, 2.05) is 13.0 Å². The summed E-state index contributed by atoms with van der Waals surface area (Å²) in [6.07, 6.45) is 0. The van der Waals surface area contributed by atoms with Crippen LogP contribution in [0.1, 0.15) is 16.7 Å². The molecular formula is C15H13NO2S. The van der Waals surface area contributed by atoms with Gasteiger partial charge in [0.25, 0.3) is 0 Å². The second-order valence-corrected chi connectivity index (χ2v) is 6.37. The van der Waals surface area contributed by atoms with E-state index in [0.29, 0.717) is 16.0 Å². The first-order chi connectivity index (χ1) is 9.01. The van der Waals surface area contributed by atoms with Crippen molar-refractivity contribution < 1.29 is 8.42 Å². The second-order valence-electron chi connectivity index (χ2n) is 4.38. The van der Waals surface area contributed by atoms with Gasteiger partial charge in [0.15, 0.2) is 9.84 Å². The minimum absolute atomic E-state index is 0.0917. The Bertz CT molecular complexity index is 725. The zero-order chi connectivity index (χ0) is 13.9. The molecule has 0 spiro atoms. The van der Waals surface area contributed by atoms with Crippen molar-refractivity contribution in [3.63, 3.8) is 0 Å². The Labute approximate surface area is 113 Å². The average Bonchev–Trinajstić information content (AvgIpc) is 2.39. The van der Waals surface area contributed by atoms with Gasteiger partial charge in [-0.1, -0.05) is 29.8 Å². The molecule has 2 aromatic carbocycles. The van der Waals surface area contributed by atoms with Crippen LogP contribution in [-0.4, -0.2) is 8.42 Å². The summed E-state index contributed by atoms with van der Waals surface area (Å²) in [5.41, 5.74) is 2.11. The second kappa shape index (κ2) is 5.25. The van der Waals surface area contributed by atoms with E-state index >= 15 is 0 Å². The van der Waals surface area contributed by atoms with Crippen LogP contribution in [0, 0.1) is 18.3 Å². The van der Waals surface area contributed by atoms with Crippen molar-refractivity contribution in [1.29, 1.82) is 5.26 Å². The van der Waals surface area contributed by atoms with Gasteiger partial charge in [-0.05, 0) is 36.8 Å². The largest absolute Gasteiger partial charge is 0.223 e. The van der Waals surface area contributed by atoms with Crippen LogP contribution in [0.3, 0.4) is 0 Å². The molecule has 0 fully saturated rings. The molecule has 2 rings (SSSR count). The number of aryl methyl sites for hydroxylation is 1. The first kappa shape index (κ1) is 13.3. The Kier molecular flexibility index (Phi) is 3.68. The smallest absolute Gasteiger partial charge is 0.182 e. The van der Waals surface area contributed by atoms with Gasteiger partial charge in [-0.25, -0.2) is 8.42 Å². The molecule has 0 saturated heterocycles. The summed E-state index contributed by atoms with van der Waals surface area (Å²) in [5.74, 6) is -0.0917. The highest BCUT2D eigenvalue weighted by molar-refractivity contribution is 7.90. The highest BCUT2D eigenvalue weighted by atomic mass is 32.2. The van der Waals surface area contributed by atoms with Crippen LogP contribution in [0.15, 0.2) is 53.4 Å². The molecule has 0 radical (unpaired) electrons. The van der Waals surface area contributed by atoms with Crippen molar-refractivity contribution in [2.75, 3.05) is 0 Å². The van der Waals surface area contributed by atoms with Gasteiger partial charge < -0.3 is 0 Å². The van der Waals surface area contributed by atoms with E-state index in [1.165, 1.54) is 0 Å². The number of hydrogen-bond acceptors (Lipinski definition) is 3. The molecule has 19 heavy (non-hydrogen) atoms. The molecule has 0 bridgehead atoms. The van der Waals surface area contributed by atoms with Gasteiger partial charge in [0, 0.05) is 0 Å². The summed E-state index contributed by atoms with van der Waals surface area (Å²) in [6.45, 7) is 1.91. The third-order valence-electron chi connectivity index (χ3n) is 2.79. The normalized spacial score (nSPS) is 10.9. The lowest BCUT2D eigenvalue weighted by Gasteiger charge is -2.05. The van der Waals surface area contributed by atoms with E-state index in [4.69, 9.17) is 5.26 Å². The van der Waals surface area contributed by atoms with Gasteiger partial charge in [0.2, 0.25) is 0 Å². The third-order valence-corrected chi connectivity index (χ3v) is 4.50. The van der Waals surface area contributed by atoms with Crippen LogP contribution in [-0.2, 0) is 15.6 Å². The lowest BCUT2D eigenvalue weighted by molar-refractivity contribution is 0.595. The van der Waals surface area contributed by atoms with Crippen LogP contribution in [0.4, 0.5) is 0 Å². The summed E-state index contributed by atoms with van der Waals surface area (Å²) in [5, 5.41) is 8.81. The van der Waals surface area contributed by atoms with E-state index in [-0.39, 0.29) is 5.75 Å². The molecule has 0 aliphatic carbocycles. The van der Waals surface area contributed by atoms with E-state index < -0.39 is 9.84 Å². The Hall–Kier alpha value is -2.12. The maximum atomic E-state index is 12.2. The maximum Gasteiger partial charge on any atom is 0.182 e. The quantitative estimate of drug-likeness (QED) is 0.862. The average molecular weight is 271 g/mol. The van der Waals surface area contributed by atoms with E-state index in [9.17, 15) is 8.42 Å². The SMILES string of the molecule is Cc1ccc(S(=O)(=O)Cc2cccc(C#N)c2)cc1. The molecule has 96 valence electrons. The Balaban J connectivity index is 2.31. The number of nitrogens with zero attached hydrogens (tertiary/aromatic N) is 1. The van der Waals surface area contributed by atoms with Crippen molar-refractivity contribution in [3.8, 4) is 6.07 Å². The highest BCUT2D eigenvalue weighted by Crippen LogP contribution is 2.17. The number of benzene rings is 2. The number of nitriles is 1. The first-order valence-electron chi connectivity index (χ1n) is 5.80. The van der Waals surface area contributed by atoms with Gasteiger partial charge in [0.05, 0.1) is 22.3 Å². The molecule has 2 aromatic rings. The molecule has 4 heteroatoms. The molecule has 0 atom stereocenters. The molecular weight excluding hydrogens is 258 g/mol. The Morgan fingerprint density at radius 3 is 2.42 bits per heavy atom. The zero-order valence-electron chi connectivity index (χ0n) is 10.5. The molecule has 0 amide bonds. The van der Waals surface area contributed by atoms with Crippen molar-refractivity contribution in [1.82, 2.24) is 0 Å². The monoisotopic (exact) mass is 271 g/mol. The van der Waals surface area contributed by atoms with Crippen LogP contribution in [0.5, 0.6) is 0 Å². The Morgan fingerprint density at radius 1 is 1.11 bits per heavy atom. The van der Waals surface area contributed by atoms with Gasteiger partial charge in [-0.15, -0.1) is 0 Å². The zero-order valence-corrected chi connectivity index (χ0v) is 11.3. The van der Waals surface area contributed by atoms with Gasteiger partial charge in [-0.2, -0.15) is 5.26 Å². The van der Waals surface area contributed by atoms with E-state index in [0.717, 1.165) is 5.56 Å². The van der Waals surface area contributed by atoms with Crippen molar-refractivity contribution in [2.24, 2.45) is 0 Å². The molecule has 0 N–H and O–H groups in total. The number of hydrogen-bond donors (Lipinski definition) is 0. The van der Waals surface area contributed by atoms with Gasteiger partial charge in [-0.3, -0.25) is 0 Å². The van der Waals surface area contributed by atoms with Crippen molar-refractivity contribution in [2.45, 2.75) is 17.6 Å². The molecule has 0 unspecified atom stereocenters. The number of sulfone groups is 1. The lowest BCUT2D eigenvalue weighted by Crippen LogP contribution is -2.05. The molecule has 0 heterocycles. The van der Waals surface area contributed by atoms with Crippen molar-refractivity contribution in [3.05, 3.63) is 65.2 Å². The predicted molar refractivity (Wildman–Crippen MR) is 73.2 cm³/mol. The topological polar surface area (TPSA) is 57.9 Å². The van der Waals surface area contributed by atoms with E-state index in [2.05, 4.69) is 0 Å². The molecule has 0 aliphatic rings. The van der Waals surface area contributed by atoms with Crippen LogP contribution >= 0.6 is 0 Å². The van der Waals surface area contributed by atoms with Gasteiger partial charge >= 0.3 is 0 Å². The van der Waals surface area contributed by atoms with Gasteiger partial charge in [0.1, 0.15) is 0 Å². The lowest BCUT2D eigenvalue weighted by atomic mass is 10.2. The standard InChI is InChI=1S/C15H13NO2S/c1-12-5-7-15(8-6-12)19(17,18)11-14-4-2-3-13(9-14)10-16/h2-9H,11H2,1H3. The fourth-order valence-electron chi connectivity index (χ4n) is 1.78. The molecule has 0 aliphatic heterocycles. The summed E-state index contributed by atoms with van der Waals surface area (Å²) < 4.78 is 24.5. The fraction of sp³-hybridized carbons (Fsp3) is 0.133. The summed E-state index contributed by atoms with van der Waals surface area (Å²) in [4.78, 5) is 0.306. The minimum Gasteiger partial charge on any atom is -0.223 e. The third kappa shape index (κ3) is 3.21. The molecule has 3 nitrogen and oxygen atoms in total. The molecule has 0 aromatic heterocycles. The maximum absolute atomic E-state index is 12.2. The van der Waals surface area contributed by atoms with Crippen LogP contribution in [0.25, 0.3) is 0 Å². The van der Waals surface area contributed by atoms with E-state index in [1.54, 1.807) is 48.5 Å². The van der Waals surface area contributed by atoms with Crippen LogP contribution < -0.4 is 0 Å².